The normalized spacial score (nSPS) is 11.7. The molecule has 0 saturated heterocycles. The Labute approximate surface area is 147 Å². The molecule has 0 saturated carbocycles. The molecule has 0 aliphatic rings. The van der Waals surface area contributed by atoms with Gasteiger partial charge in [-0.15, -0.1) is 0 Å². The van der Waals surface area contributed by atoms with Gasteiger partial charge in [-0.05, 0) is 31.0 Å². The molecule has 0 spiro atoms. The van der Waals surface area contributed by atoms with Crippen molar-refractivity contribution in [3.63, 3.8) is 0 Å². The van der Waals surface area contributed by atoms with Crippen LogP contribution in [-0.2, 0) is 6.42 Å². The van der Waals surface area contributed by atoms with Crippen molar-refractivity contribution in [3.8, 4) is 11.5 Å². The maximum absolute atomic E-state index is 11.3. The number of hydrogen-bond acceptors (Lipinski definition) is 6. The second-order valence-corrected chi connectivity index (χ2v) is 5.59. The molecule has 2 N–H and O–H groups in total. The summed E-state index contributed by atoms with van der Waals surface area (Å²) in [6.07, 6.45) is 2.75. The minimum absolute atomic E-state index is 0.0926. The first-order valence-electron chi connectivity index (χ1n) is 8.07. The highest BCUT2D eigenvalue weighted by Gasteiger charge is 2.15. The van der Waals surface area contributed by atoms with Crippen molar-refractivity contribution in [3.05, 3.63) is 41.2 Å². The van der Waals surface area contributed by atoms with Gasteiger partial charge >= 0.3 is 5.97 Å². The largest absolute Gasteiger partial charge is 0.493 e. The highest BCUT2D eigenvalue weighted by atomic mass is 16.5. The van der Waals surface area contributed by atoms with Crippen LogP contribution in [0.5, 0.6) is 11.5 Å². The molecule has 0 radical (unpaired) electrons. The van der Waals surface area contributed by atoms with Crippen LogP contribution < -0.4 is 14.8 Å². The molecular formula is C18H23N3O4. The van der Waals surface area contributed by atoms with E-state index in [2.05, 4.69) is 15.3 Å². The Morgan fingerprint density at radius 3 is 2.60 bits per heavy atom. The minimum atomic E-state index is -1.01. The molecule has 0 amide bonds. The molecule has 1 heterocycles. The predicted molar refractivity (Wildman–Crippen MR) is 94.6 cm³/mol. The first kappa shape index (κ1) is 18.5. The van der Waals surface area contributed by atoms with Gasteiger partial charge in [0.1, 0.15) is 0 Å². The van der Waals surface area contributed by atoms with E-state index in [1.807, 2.05) is 32.0 Å². The lowest BCUT2D eigenvalue weighted by atomic mass is 10.1. The quantitative estimate of drug-likeness (QED) is 0.758. The van der Waals surface area contributed by atoms with E-state index in [4.69, 9.17) is 9.47 Å². The van der Waals surface area contributed by atoms with Gasteiger partial charge in [-0.25, -0.2) is 14.8 Å². The average Bonchev–Trinajstić information content (AvgIpc) is 2.61. The fourth-order valence-electron chi connectivity index (χ4n) is 2.49. The third kappa shape index (κ3) is 4.37. The van der Waals surface area contributed by atoms with E-state index in [0.29, 0.717) is 29.6 Å². The van der Waals surface area contributed by atoms with E-state index in [0.717, 1.165) is 12.0 Å². The maximum Gasteiger partial charge on any atom is 0.339 e. The molecule has 0 aliphatic carbocycles. The lowest BCUT2D eigenvalue weighted by molar-refractivity contribution is 0.0694. The van der Waals surface area contributed by atoms with E-state index < -0.39 is 5.97 Å². The van der Waals surface area contributed by atoms with Crippen LogP contribution in [0, 0.1) is 0 Å². The number of aromatic carboxylic acids is 1. The molecule has 7 heteroatoms. The summed E-state index contributed by atoms with van der Waals surface area (Å²) in [7, 11) is 3.18. The first-order valence-corrected chi connectivity index (χ1v) is 8.07. The fraction of sp³-hybridized carbons (Fsp3) is 0.389. The number of hydrogen-bond donors (Lipinski definition) is 2. The molecule has 1 aromatic heterocycles. The van der Waals surface area contributed by atoms with Crippen LogP contribution in [-0.4, -0.2) is 35.3 Å². The van der Waals surface area contributed by atoms with Crippen LogP contribution in [0.3, 0.4) is 0 Å². The molecule has 1 atom stereocenters. The summed E-state index contributed by atoms with van der Waals surface area (Å²) in [5.41, 5.74) is 1.65. The molecule has 7 nitrogen and oxygen atoms in total. The number of methoxy groups -OCH3 is 2. The molecule has 0 bridgehead atoms. The molecule has 25 heavy (non-hydrogen) atoms. The van der Waals surface area contributed by atoms with E-state index in [1.165, 1.54) is 6.20 Å². The van der Waals surface area contributed by atoms with Crippen LogP contribution in [0.4, 0.5) is 5.95 Å². The number of carboxylic acid groups (broad SMARTS) is 1. The Balaban J connectivity index is 2.24. The summed E-state index contributed by atoms with van der Waals surface area (Å²) in [5.74, 6) is 0.687. The average molecular weight is 345 g/mol. The van der Waals surface area contributed by atoms with Gasteiger partial charge in [0.2, 0.25) is 5.95 Å². The van der Waals surface area contributed by atoms with E-state index in [9.17, 15) is 9.90 Å². The van der Waals surface area contributed by atoms with E-state index in [1.54, 1.807) is 14.2 Å². The van der Waals surface area contributed by atoms with Gasteiger partial charge in [0.25, 0.3) is 0 Å². The number of carboxylic acids is 1. The number of nitrogens with one attached hydrogen (secondary N) is 1. The number of rotatable bonds is 8. The summed E-state index contributed by atoms with van der Waals surface area (Å²) in [6.45, 7) is 3.95. The maximum atomic E-state index is 11.3. The van der Waals surface area contributed by atoms with Gasteiger partial charge < -0.3 is 19.9 Å². The zero-order valence-electron chi connectivity index (χ0n) is 14.9. The molecule has 2 aromatic rings. The van der Waals surface area contributed by atoms with Crippen molar-refractivity contribution < 1.29 is 19.4 Å². The number of benzene rings is 1. The first-order chi connectivity index (χ1) is 12.0. The number of carbonyl (C=O) groups is 1. The van der Waals surface area contributed by atoms with Crippen molar-refractivity contribution >= 4 is 11.9 Å². The SMILES string of the molecule is CCCc1nc(N[C@@H](C)c2ccc(OC)c(OC)c2)ncc1C(=O)O. The van der Waals surface area contributed by atoms with Gasteiger partial charge in [0, 0.05) is 6.20 Å². The van der Waals surface area contributed by atoms with Gasteiger partial charge in [-0.3, -0.25) is 0 Å². The summed E-state index contributed by atoms with van der Waals surface area (Å²) in [4.78, 5) is 19.7. The molecule has 134 valence electrons. The predicted octanol–water partition coefficient (Wildman–Crippen LogP) is 3.32. The second kappa shape index (κ2) is 8.32. The third-order valence-corrected chi connectivity index (χ3v) is 3.84. The Kier molecular flexibility index (Phi) is 6.16. The van der Waals surface area contributed by atoms with Gasteiger partial charge in [-0.1, -0.05) is 19.4 Å². The number of aromatic nitrogens is 2. The molecular weight excluding hydrogens is 322 g/mol. The molecule has 2 rings (SSSR count). The molecule has 0 unspecified atom stereocenters. The van der Waals surface area contributed by atoms with Crippen LogP contribution in [0.1, 0.15) is 47.9 Å². The summed E-state index contributed by atoms with van der Waals surface area (Å²) < 4.78 is 10.6. The minimum Gasteiger partial charge on any atom is -0.493 e. The lowest BCUT2D eigenvalue weighted by Crippen LogP contribution is -2.13. The van der Waals surface area contributed by atoms with Crippen LogP contribution in [0.2, 0.25) is 0 Å². The number of aryl methyl sites for hydroxylation is 1. The van der Waals surface area contributed by atoms with Crippen LogP contribution >= 0.6 is 0 Å². The standard InChI is InChI=1S/C18H23N3O4/c1-5-6-14-13(17(22)23)10-19-18(21-14)20-11(2)12-7-8-15(24-3)16(9-12)25-4/h7-11H,5-6H2,1-4H3,(H,22,23)(H,19,20,21)/t11-/m0/s1. The van der Waals surface area contributed by atoms with Crippen LogP contribution in [0.15, 0.2) is 24.4 Å². The Morgan fingerprint density at radius 1 is 1.28 bits per heavy atom. The fourth-order valence-corrected chi connectivity index (χ4v) is 2.49. The number of anilines is 1. The number of ether oxygens (including phenoxy) is 2. The van der Waals surface area contributed by atoms with Crippen molar-refractivity contribution in [1.82, 2.24) is 9.97 Å². The monoisotopic (exact) mass is 345 g/mol. The molecule has 1 aromatic carbocycles. The second-order valence-electron chi connectivity index (χ2n) is 5.59. The number of nitrogens with zero attached hydrogens (tertiary/aromatic N) is 2. The molecule has 0 fully saturated rings. The van der Waals surface area contributed by atoms with Crippen molar-refractivity contribution in [1.29, 1.82) is 0 Å². The highest BCUT2D eigenvalue weighted by Crippen LogP contribution is 2.30. The smallest absolute Gasteiger partial charge is 0.339 e. The van der Waals surface area contributed by atoms with E-state index in [-0.39, 0.29) is 11.6 Å². The van der Waals surface area contributed by atoms with Crippen molar-refractivity contribution in [2.45, 2.75) is 32.7 Å². The van der Waals surface area contributed by atoms with Gasteiger partial charge in [0.15, 0.2) is 11.5 Å². The highest BCUT2D eigenvalue weighted by molar-refractivity contribution is 5.88. The Hall–Kier alpha value is -2.83. The summed E-state index contributed by atoms with van der Waals surface area (Å²) in [6, 6.07) is 5.56. The summed E-state index contributed by atoms with van der Waals surface area (Å²) >= 11 is 0. The Morgan fingerprint density at radius 2 is 2.00 bits per heavy atom. The third-order valence-electron chi connectivity index (χ3n) is 3.84. The zero-order chi connectivity index (χ0) is 18.4. The van der Waals surface area contributed by atoms with E-state index >= 15 is 0 Å². The Bertz CT molecular complexity index is 749. The van der Waals surface area contributed by atoms with Gasteiger partial charge in [0.05, 0.1) is 31.5 Å². The van der Waals surface area contributed by atoms with Crippen molar-refractivity contribution in [2.24, 2.45) is 0 Å². The summed E-state index contributed by atoms with van der Waals surface area (Å²) in [5, 5.41) is 12.4. The van der Waals surface area contributed by atoms with Crippen molar-refractivity contribution in [2.75, 3.05) is 19.5 Å². The van der Waals surface area contributed by atoms with Gasteiger partial charge in [-0.2, -0.15) is 0 Å². The lowest BCUT2D eigenvalue weighted by Gasteiger charge is -2.17. The van der Waals surface area contributed by atoms with Crippen LogP contribution in [0.25, 0.3) is 0 Å². The molecule has 0 aliphatic heterocycles. The zero-order valence-corrected chi connectivity index (χ0v) is 14.9. The topological polar surface area (TPSA) is 93.6 Å².